The number of carbonyl (C=O) groups is 2. The van der Waals surface area contributed by atoms with E-state index in [1.807, 2.05) is 65.8 Å². The smallest absolute Gasteiger partial charge is 0.444 e. The van der Waals surface area contributed by atoms with Crippen molar-refractivity contribution in [2.24, 2.45) is 0 Å². The number of nitrogens with zero attached hydrogens (tertiary/aromatic N) is 4. The Hall–Kier alpha value is -2.96. The van der Waals surface area contributed by atoms with Gasteiger partial charge in [0, 0.05) is 68.2 Å². The molecule has 2 aliphatic heterocycles. The predicted octanol–water partition coefficient (Wildman–Crippen LogP) is 3.93. The third-order valence-electron chi connectivity index (χ3n) is 6.61. The standard InChI is InChI=1S/C15H23BN2O4.C15H21BrN2O2/c1-15(2,3)22-14(19)18-10-8-17(9-11-18)13-6-4-12(5-7-13)16(20)21;1-15(2,3)20-14(19)18-10-8-17(9-11-18)13-6-4-12(16)5-7-13/h4-7,20-21H,8-11H2,1-3H3;4-7H,8-11H2,1-3H3. The van der Waals surface area contributed by atoms with Crippen molar-refractivity contribution in [1.29, 1.82) is 0 Å². The minimum absolute atomic E-state index is 0.215. The first-order chi connectivity index (χ1) is 19.6. The summed E-state index contributed by atoms with van der Waals surface area (Å²) in [7, 11) is -1.45. The molecule has 2 N–H and O–H groups in total. The number of rotatable bonds is 3. The second-order valence-corrected chi connectivity index (χ2v) is 13.3. The molecule has 0 bridgehead atoms. The molecular weight excluding hydrogens is 603 g/mol. The SMILES string of the molecule is CC(C)(C)OC(=O)N1CCN(c2ccc(B(O)O)cc2)CC1.CC(C)(C)OC(=O)N1CCN(c2ccc(Br)cc2)CC1. The highest BCUT2D eigenvalue weighted by atomic mass is 79.9. The lowest BCUT2D eigenvalue weighted by molar-refractivity contribution is 0.0230. The highest BCUT2D eigenvalue weighted by molar-refractivity contribution is 9.10. The minimum Gasteiger partial charge on any atom is -0.444 e. The van der Waals surface area contributed by atoms with E-state index in [0.717, 1.165) is 36.3 Å². The van der Waals surface area contributed by atoms with Crippen LogP contribution in [0.1, 0.15) is 41.5 Å². The van der Waals surface area contributed by atoms with Crippen LogP contribution in [0.3, 0.4) is 0 Å². The maximum Gasteiger partial charge on any atom is 0.488 e. The van der Waals surface area contributed by atoms with Crippen LogP contribution in [0.2, 0.25) is 0 Å². The van der Waals surface area contributed by atoms with Gasteiger partial charge in [-0.05, 0) is 83.4 Å². The summed E-state index contributed by atoms with van der Waals surface area (Å²) in [4.78, 5) is 31.9. The van der Waals surface area contributed by atoms with Crippen LogP contribution in [0.25, 0.3) is 0 Å². The van der Waals surface area contributed by atoms with E-state index in [0.29, 0.717) is 31.6 Å². The Labute approximate surface area is 258 Å². The molecule has 2 aromatic rings. The number of halogens is 1. The van der Waals surface area contributed by atoms with Gasteiger partial charge in [0.25, 0.3) is 0 Å². The Morgan fingerprint density at radius 1 is 0.643 bits per heavy atom. The summed E-state index contributed by atoms with van der Waals surface area (Å²) in [5.41, 5.74) is 1.76. The molecule has 0 spiro atoms. The highest BCUT2D eigenvalue weighted by Crippen LogP contribution is 2.21. The third kappa shape index (κ3) is 10.7. The zero-order valence-electron chi connectivity index (χ0n) is 25.5. The fourth-order valence-electron chi connectivity index (χ4n) is 4.46. The van der Waals surface area contributed by atoms with Crippen LogP contribution >= 0.6 is 15.9 Å². The summed E-state index contributed by atoms with van der Waals surface area (Å²) in [6, 6.07) is 15.4. The molecule has 0 aliphatic carbocycles. The number of anilines is 2. The average molecular weight is 647 g/mol. The number of hydrogen-bond donors (Lipinski definition) is 2. The normalized spacial score (nSPS) is 15.9. The van der Waals surface area contributed by atoms with Crippen molar-refractivity contribution in [2.75, 3.05) is 62.2 Å². The van der Waals surface area contributed by atoms with E-state index < -0.39 is 18.3 Å². The van der Waals surface area contributed by atoms with Crippen LogP contribution in [0, 0.1) is 0 Å². The fourth-order valence-corrected chi connectivity index (χ4v) is 4.72. The Balaban J connectivity index is 0.000000231. The number of hydrogen-bond acceptors (Lipinski definition) is 8. The average Bonchev–Trinajstić information content (AvgIpc) is 2.92. The van der Waals surface area contributed by atoms with Crippen molar-refractivity contribution in [1.82, 2.24) is 9.80 Å². The summed E-state index contributed by atoms with van der Waals surface area (Å²) >= 11 is 3.44. The van der Waals surface area contributed by atoms with E-state index in [1.54, 1.807) is 21.9 Å². The zero-order chi connectivity index (χ0) is 31.1. The fraction of sp³-hybridized carbons (Fsp3) is 0.533. The number of ether oxygens (including phenoxy) is 2. The van der Waals surface area contributed by atoms with Crippen molar-refractivity contribution in [3.05, 3.63) is 53.0 Å². The second-order valence-electron chi connectivity index (χ2n) is 12.4. The van der Waals surface area contributed by atoms with Gasteiger partial charge in [0.2, 0.25) is 0 Å². The lowest BCUT2D eigenvalue weighted by atomic mass is 9.80. The van der Waals surface area contributed by atoms with Crippen molar-refractivity contribution in [2.45, 2.75) is 52.7 Å². The predicted molar refractivity (Wildman–Crippen MR) is 170 cm³/mol. The van der Waals surface area contributed by atoms with Crippen molar-refractivity contribution in [3.8, 4) is 0 Å². The van der Waals surface area contributed by atoms with Gasteiger partial charge in [0.15, 0.2) is 0 Å². The molecule has 2 aliphatic rings. The van der Waals surface area contributed by atoms with E-state index in [9.17, 15) is 9.59 Å². The number of carbonyl (C=O) groups excluding carboxylic acids is 2. The summed E-state index contributed by atoms with van der Waals surface area (Å²) in [6.45, 7) is 17.0. The number of benzene rings is 2. The third-order valence-corrected chi connectivity index (χ3v) is 7.14. The first-order valence-corrected chi connectivity index (χ1v) is 15.1. The molecular formula is C30H44BBrN4O6. The molecule has 230 valence electrons. The molecule has 42 heavy (non-hydrogen) atoms. The van der Waals surface area contributed by atoms with Gasteiger partial charge in [0.1, 0.15) is 11.2 Å². The van der Waals surface area contributed by atoms with Crippen molar-refractivity contribution >= 4 is 52.1 Å². The molecule has 12 heteroatoms. The lowest BCUT2D eigenvalue weighted by Crippen LogP contribution is -2.50. The Kier molecular flexibility index (Phi) is 11.6. The Morgan fingerprint density at radius 2 is 0.976 bits per heavy atom. The van der Waals surface area contributed by atoms with Crippen LogP contribution in [0.15, 0.2) is 53.0 Å². The van der Waals surface area contributed by atoms with Crippen LogP contribution < -0.4 is 15.3 Å². The van der Waals surface area contributed by atoms with Crippen LogP contribution in [-0.4, -0.2) is 103 Å². The number of piperazine rings is 2. The zero-order valence-corrected chi connectivity index (χ0v) is 27.1. The Morgan fingerprint density at radius 3 is 1.29 bits per heavy atom. The molecule has 2 heterocycles. The van der Waals surface area contributed by atoms with Crippen molar-refractivity contribution in [3.63, 3.8) is 0 Å². The van der Waals surface area contributed by atoms with Gasteiger partial charge in [-0.2, -0.15) is 0 Å². The maximum absolute atomic E-state index is 12.0. The van der Waals surface area contributed by atoms with Crippen molar-refractivity contribution < 1.29 is 29.1 Å². The number of amides is 2. The van der Waals surface area contributed by atoms with Gasteiger partial charge >= 0.3 is 19.3 Å². The topological polar surface area (TPSA) is 106 Å². The van der Waals surface area contributed by atoms with Gasteiger partial charge in [0.05, 0.1) is 0 Å². The summed E-state index contributed by atoms with van der Waals surface area (Å²) in [6.07, 6.45) is -0.487. The quantitative estimate of drug-likeness (QED) is 0.484. The summed E-state index contributed by atoms with van der Waals surface area (Å²) in [5, 5.41) is 18.2. The summed E-state index contributed by atoms with van der Waals surface area (Å²) < 4.78 is 11.8. The van der Waals surface area contributed by atoms with E-state index in [4.69, 9.17) is 19.5 Å². The molecule has 2 aromatic carbocycles. The van der Waals surface area contributed by atoms with E-state index in [2.05, 4.69) is 37.9 Å². The molecule has 0 unspecified atom stereocenters. The molecule has 0 radical (unpaired) electrons. The first-order valence-electron chi connectivity index (χ1n) is 14.3. The monoisotopic (exact) mass is 646 g/mol. The van der Waals surface area contributed by atoms with E-state index in [1.165, 1.54) is 5.69 Å². The lowest BCUT2D eigenvalue weighted by Gasteiger charge is -2.36. The molecule has 0 atom stereocenters. The minimum atomic E-state index is -1.45. The molecule has 2 amide bonds. The van der Waals surface area contributed by atoms with Gasteiger partial charge < -0.3 is 39.1 Å². The molecule has 10 nitrogen and oxygen atoms in total. The maximum atomic E-state index is 12.0. The molecule has 0 aromatic heterocycles. The van der Waals surface area contributed by atoms with Gasteiger partial charge in [-0.15, -0.1) is 0 Å². The van der Waals surface area contributed by atoms with E-state index >= 15 is 0 Å². The van der Waals surface area contributed by atoms with Gasteiger partial charge in [-0.3, -0.25) is 0 Å². The second kappa shape index (κ2) is 14.5. The van der Waals surface area contributed by atoms with Crippen LogP contribution in [0.5, 0.6) is 0 Å². The van der Waals surface area contributed by atoms with Gasteiger partial charge in [-0.1, -0.05) is 28.1 Å². The molecule has 0 saturated carbocycles. The molecule has 4 rings (SSSR count). The highest BCUT2D eigenvalue weighted by Gasteiger charge is 2.27. The van der Waals surface area contributed by atoms with Gasteiger partial charge in [-0.25, -0.2) is 9.59 Å². The van der Waals surface area contributed by atoms with E-state index in [-0.39, 0.29) is 12.2 Å². The molecule has 2 saturated heterocycles. The largest absolute Gasteiger partial charge is 0.488 e. The summed E-state index contributed by atoms with van der Waals surface area (Å²) in [5.74, 6) is 0. The molecule has 2 fully saturated rings. The van der Waals surface area contributed by atoms with Crippen LogP contribution in [-0.2, 0) is 9.47 Å². The first kappa shape index (κ1) is 33.5. The van der Waals surface area contributed by atoms with Crippen LogP contribution in [0.4, 0.5) is 21.0 Å². The Bertz CT molecular complexity index is 1150.